The number of pyridine rings is 1. The second-order valence-corrected chi connectivity index (χ2v) is 11.1. The van der Waals surface area contributed by atoms with Gasteiger partial charge in [-0.2, -0.15) is 0 Å². The number of benzene rings is 3. The molecule has 6 nitrogen and oxygen atoms in total. The predicted molar refractivity (Wildman–Crippen MR) is 149 cm³/mol. The summed E-state index contributed by atoms with van der Waals surface area (Å²) >= 11 is 0. The van der Waals surface area contributed by atoms with Crippen LogP contribution in [0.15, 0.2) is 79.1 Å². The summed E-state index contributed by atoms with van der Waals surface area (Å²) in [7, 11) is -3.85. The summed E-state index contributed by atoms with van der Waals surface area (Å²) in [6, 6.07) is 19.6. The number of hydrogen-bond donors (Lipinski definition) is 2. The number of aryl methyl sites for hydroxylation is 1. The van der Waals surface area contributed by atoms with E-state index in [9.17, 15) is 17.6 Å². The molecule has 0 fully saturated rings. The van der Waals surface area contributed by atoms with Crippen LogP contribution in [0.5, 0.6) is 0 Å². The molecule has 5 rings (SSSR count). The summed E-state index contributed by atoms with van der Waals surface area (Å²) in [5.74, 6) is -3.54. The van der Waals surface area contributed by atoms with Gasteiger partial charge in [-0.1, -0.05) is 61.0 Å². The molecule has 2 N–H and O–H groups in total. The van der Waals surface area contributed by atoms with Gasteiger partial charge in [-0.15, -0.1) is 0 Å². The number of halogens is 2. The highest BCUT2D eigenvalue weighted by atomic mass is 32.2. The topological polar surface area (TPSA) is 91.9 Å². The molecule has 9 heteroatoms. The molecule has 0 aliphatic carbocycles. The van der Waals surface area contributed by atoms with E-state index in [2.05, 4.69) is 26.8 Å². The highest BCUT2D eigenvalue weighted by molar-refractivity contribution is 7.92. The van der Waals surface area contributed by atoms with Gasteiger partial charge in [-0.05, 0) is 48.2 Å². The quantitative estimate of drug-likeness (QED) is 0.208. The fourth-order valence-electron chi connectivity index (χ4n) is 4.41. The minimum atomic E-state index is -3.85. The first-order valence-electron chi connectivity index (χ1n) is 12.3. The Hall–Kier alpha value is -4.37. The van der Waals surface area contributed by atoms with Gasteiger partial charge in [0.15, 0.2) is 5.82 Å². The molecule has 0 radical (unpaired) electrons. The molecule has 0 saturated heterocycles. The Balaban J connectivity index is 1.50. The number of ketones is 1. The van der Waals surface area contributed by atoms with E-state index in [0.717, 1.165) is 28.8 Å². The molecule has 2 heterocycles. The van der Waals surface area contributed by atoms with Crippen molar-refractivity contribution in [3.8, 4) is 22.3 Å². The molecule has 0 amide bonds. The number of hydrogen-bond acceptors (Lipinski definition) is 4. The average Bonchev–Trinajstić information content (AvgIpc) is 3.34. The van der Waals surface area contributed by atoms with Gasteiger partial charge in [0.25, 0.3) is 0 Å². The summed E-state index contributed by atoms with van der Waals surface area (Å²) in [4.78, 5) is 20.6. The van der Waals surface area contributed by atoms with Crippen molar-refractivity contribution < 1.29 is 22.0 Å². The number of sulfonamides is 1. The van der Waals surface area contributed by atoms with E-state index in [1.54, 1.807) is 19.2 Å². The third-order valence-corrected chi connectivity index (χ3v) is 7.91. The Labute approximate surface area is 224 Å². The average molecular weight is 546 g/mol. The number of carbonyl (C=O) groups excluding carboxylic acids is 1. The zero-order valence-corrected chi connectivity index (χ0v) is 22.1. The molecule has 0 aliphatic rings. The summed E-state index contributed by atoms with van der Waals surface area (Å²) in [5, 5.41) is 0.385. The van der Waals surface area contributed by atoms with Crippen molar-refractivity contribution in [3.05, 3.63) is 107 Å². The first-order chi connectivity index (χ1) is 18.7. The number of aromatic amines is 1. The fraction of sp³-hybridized carbons (Fsp3) is 0.133. The van der Waals surface area contributed by atoms with Crippen LogP contribution in [0.1, 0.15) is 34.8 Å². The second-order valence-electron chi connectivity index (χ2n) is 9.30. The molecule has 198 valence electrons. The summed E-state index contributed by atoms with van der Waals surface area (Å²) in [5.41, 5.74) is 3.93. The second kappa shape index (κ2) is 10.4. The third-order valence-electron chi connectivity index (χ3n) is 6.44. The zero-order chi connectivity index (χ0) is 27.7. The van der Waals surface area contributed by atoms with Crippen molar-refractivity contribution in [1.29, 1.82) is 0 Å². The van der Waals surface area contributed by atoms with E-state index in [0.29, 0.717) is 23.0 Å². The van der Waals surface area contributed by atoms with E-state index >= 15 is 4.39 Å². The lowest BCUT2D eigenvalue weighted by molar-refractivity contribution is 0.103. The highest BCUT2D eigenvalue weighted by Gasteiger charge is 2.26. The van der Waals surface area contributed by atoms with Gasteiger partial charge >= 0.3 is 0 Å². The van der Waals surface area contributed by atoms with Gasteiger partial charge in [-0.25, -0.2) is 22.2 Å². The molecule has 2 aromatic heterocycles. The number of nitrogens with zero attached hydrogens (tertiary/aromatic N) is 1. The molecule has 0 spiro atoms. The van der Waals surface area contributed by atoms with E-state index in [1.165, 1.54) is 11.8 Å². The number of anilines is 1. The number of rotatable bonds is 8. The number of carbonyl (C=O) groups is 1. The molecule has 5 aromatic rings. The number of fused-ring (bicyclic) bond motifs is 1. The summed E-state index contributed by atoms with van der Waals surface area (Å²) in [6.45, 7) is 3.69. The van der Waals surface area contributed by atoms with E-state index in [1.807, 2.05) is 43.3 Å². The maximum atomic E-state index is 15.3. The van der Waals surface area contributed by atoms with Crippen molar-refractivity contribution in [2.75, 3.05) is 10.5 Å². The molecule has 39 heavy (non-hydrogen) atoms. The largest absolute Gasteiger partial charge is 0.345 e. The van der Waals surface area contributed by atoms with Crippen LogP contribution < -0.4 is 4.72 Å². The number of nitrogens with one attached hydrogen (secondary N) is 2. The van der Waals surface area contributed by atoms with Crippen LogP contribution >= 0.6 is 0 Å². The molecule has 0 aliphatic heterocycles. The van der Waals surface area contributed by atoms with Gasteiger partial charge in [0.05, 0.1) is 17.0 Å². The van der Waals surface area contributed by atoms with E-state index in [-0.39, 0.29) is 11.3 Å². The van der Waals surface area contributed by atoms with Gasteiger partial charge in [-0.3, -0.25) is 9.52 Å². The first kappa shape index (κ1) is 26.2. The first-order valence-corrected chi connectivity index (χ1v) is 14.0. The van der Waals surface area contributed by atoms with Gasteiger partial charge in [0.1, 0.15) is 11.5 Å². The SMILES string of the molecule is CCCS(=O)(=O)Nc1ccc(F)c(C(=O)c2c[nH]c3ncc(-c4ccc(-c5ccc(C)cc5)cc4)cc23)c1F. The van der Waals surface area contributed by atoms with E-state index < -0.39 is 38.7 Å². The van der Waals surface area contributed by atoms with Crippen molar-refractivity contribution in [2.45, 2.75) is 20.3 Å². The van der Waals surface area contributed by atoms with Crippen LogP contribution in [0, 0.1) is 18.6 Å². The number of H-pyrrole nitrogens is 1. The van der Waals surface area contributed by atoms with Crippen LogP contribution in [0.25, 0.3) is 33.3 Å². The molecule has 3 aromatic carbocycles. The Bertz CT molecular complexity index is 1800. The van der Waals surface area contributed by atoms with Gasteiger partial charge < -0.3 is 4.98 Å². The van der Waals surface area contributed by atoms with Crippen molar-refractivity contribution in [2.24, 2.45) is 0 Å². The normalized spacial score (nSPS) is 11.6. The lowest BCUT2D eigenvalue weighted by Crippen LogP contribution is -2.18. The molecular formula is C30H25F2N3O3S. The van der Waals surface area contributed by atoms with Crippen LogP contribution in [-0.4, -0.2) is 29.9 Å². The lowest BCUT2D eigenvalue weighted by Gasteiger charge is -2.11. The molecule has 0 atom stereocenters. The Morgan fingerprint density at radius 3 is 2.18 bits per heavy atom. The fourth-order valence-corrected chi connectivity index (χ4v) is 5.54. The van der Waals surface area contributed by atoms with Crippen LogP contribution in [0.2, 0.25) is 0 Å². The van der Waals surface area contributed by atoms with E-state index in [4.69, 9.17) is 0 Å². The lowest BCUT2D eigenvalue weighted by atomic mass is 9.98. The molecule has 0 saturated carbocycles. The van der Waals surface area contributed by atoms with Crippen LogP contribution in [-0.2, 0) is 10.0 Å². The molecule has 0 bridgehead atoms. The third kappa shape index (κ3) is 5.31. The summed E-state index contributed by atoms with van der Waals surface area (Å²) in [6.07, 6.45) is 3.30. The van der Waals surface area contributed by atoms with Crippen molar-refractivity contribution in [1.82, 2.24) is 9.97 Å². The maximum Gasteiger partial charge on any atom is 0.232 e. The van der Waals surface area contributed by atoms with Crippen LogP contribution in [0.4, 0.5) is 14.5 Å². The van der Waals surface area contributed by atoms with Crippen LogP contribution in [0.3, 0.4) is 0 Å². The molecular weight excluding hydrogens is 520 g/mol. The highest BCUT2D eigenvalue weighted by Crippen LogP contribution is 2.31. The standard InChI is InChI=1S/C30H25F2N3O3S/c1-3-14-39(37,38)35-26-13-12-25(31)27(28(26)32)29(36)24-17-34-30-23(24)15-22(16-33-30)21-10-8-20(9-11-21)19-6-4-18(2)5-7-19/h4-13,15-17,35H,3,14H2,1-2H3,(H,33,34). The van der Waals surface area contributed by atoms with Crippen molar-refractivity contribution in [3.63, 3.8) is 0 Å². The molecule has 0 unspecified atom stereocenters. The van der Waals surface area contributed by atoms with Crippen molar-refractivity contribution >= 4 is 32.5 Å². The monoisotopic (exact) mass is 545 g/mol. The smallest absolute Gasteiger partial charge is 0.232 e. The zero-order valence-electron chi connectivity index (χ0n) is 21.3. The number of aromatic nitrogens is 2. The van der Waals surface area contributed by atoms with Gasteiger partial charge in [0.2, 0.25) is 15.8 Å². The van der Waals surface area contributed by atoms with Gasteiger partial charge in [0, 0.05) is 28.9 Å². The minimum absolute atomic E-state index is 0.0157. The minimum Gasteiger partial charge on any atom is -0.345 e. The Morgan fingerprint density at radius 1 is 0.923 bits per heavy atom. The maximum absolute atomic E-state index is 15.3. The summed E-state index contributed by atoms with van der Waals surface area (Å²) < 4.78 is 56.4. The Morgan fingerprint density at radius 2 is 1.54 bits per heavy atom. The Kier molecular flexibility index (Phi) is 7.01. The predicted octanol–water partition coefficient (Wildman–Crippen LogP) is 6.87.